The van der Waals surface area contributed by atoms with Gasteiger partial charge < -0.3 is 24.2 Å². The average molecular weight is 465 g/mol. The average Bonchev–Trinajstić information content (AvgIpc) is 3.47. The molecule has 1 aromatic heterocycles. The Morgan fingerprint density at radius 1 is 1.21 bits per heavy atom. The zero-order valence-corrected chi connectivity index (χ0v) is 19.9. The van der Waals surface area contributed by atoms with E-state index in [2.05, 4.69) is 15.5 Å². The van der Waals surface area contributed by atoms with Crippen LogP contribution in [0.3, 0.4) is 0 Å². The van der Waals surface area contributed by atoms with Crippen LogP contribution in [0.15, 0.2) is 40.9 Å². The summed E-state index contributed by atoms with van der Waals surface area (Å²) >= 11 is 0. The number of amides is 2. The molecule has 1 aliphatic rings. The molecular formula is C25H28N4O5. The van der Waals surface area contributed by atoms with Crippen molar-refractivity contribution >= 4 is 23.2 Å². The van der Waals surface area contributed by atoms with Crippen LogP contribution in [-0.2, 0) is 9.59 Å². The molecule has 4 rings (SSSR count). The summed E-state index contributed by atoms with van der Waals surface area (Å²) < 4.78 is 16.2. The van der Waals surface area contributed by atoms with E-state index >= 15 is 0 Å². The highest BCUT2D eigenvalue weighted by atomic mass is 16.5. The molecule has 2 amide bonds. The molecule has 9 heteroatoms. The lowest BCUT2D eigenvalue weighted by Gasteiger charge is -2.20. The minimum Gasteiger partial charge on any atom is -0.497 e. The van der Waals surface area contributed by atoms with E-state index in [9.17, 15) is 9.59 Å². The van der Waals surface area contributed by atoms with Crippen LogP contribution in [0.1, 0.15) is 37.6 Å². The van der Waals surface area contributed by atoms with Gasteiger partial charge in [0, 0.05) is 24.9 Å². The quantitative estimate of drug-likeness (QED) is 0.559. The number of rotatable bonds is 7. The summed E-state index contributed by atoms with van der Waals surface area (Å²) in [7, 11) is 3.10. The number of benzene rings is 2. The van der Waals surface area contributed by atoms with Gasteiger partial charge in [-0.3, -0.25) is 9.59 Å². The molecule has 34 heavy (non-hydrogen) atoms. The fourth-order valence-electron chi connectivity index (χ4n) is 3.94. The van der Waals surface area contributed by atoms with Gasteiger partial charge >= 0.3 is 0 Å². The number of hydrogen-bond acceptors (Lipinski definition) is 7. The van der Waals surface area contributed by atoms with Gasteiger partial charge in [0.2, 0.25) is 11.8 Å². The highest BCUT2D eigenvalue weighted by Gasteiger charge is 2.37. The van der Waals surface area contributed by atoms with Gasteiger partial charge in [0.25, 0.3) is 5.89 Å². The van der Waals surface area contributed by atoms with Gasteiger partial charge in [-0.2, -0.15) is 4.98 Å². The van der Waals surface area contributed by atoms with E-state index in [1.807, 2.05) is 39.0 Å². The molecule has 1 fully saturated rings. The first-order chi connectivity index (χ1) is 16.3. The SMILES string of the molecule is COc1ccc(OC)c(N2CC(C(=O)Nc3c(C)cccc3-c3nc(C(C)C)no3)CC2=O)c1. The molecule has 0 radical (unpaired) electrons. The van der Waals surface area contributed by atoms with Crippen molar-refractivity contribution in [3.05, 3.63) is 47.8 Å². The lowest BCUT2D eigenvalue weighted by Crippen LogP contribution is -2.28. The number of methoxy groups -OCH3 is 2. The fourth-order valence-corrected chi connectivity index (χ4v) is 3.94. The fraction of sp³-hybridized carbons (Fsp3) is 0.360. The molecule has 1 N–H and O–H groups in total. The predicted molar refractivity (Wildman–Crippen MR) is 127 cm³/mol. The third kappa shape index (κ3) is 4.46. The zero-order chi connectivity index (χ0) is 24.4. The molecule has 0 aliphatic carbocycles. The van der Waals surface area contributed by atoms with Crippen LogP contribution in [-0.4, -0.2) is 42.7 Å². The number of carbonyl (C=O) groups excluding carboxylic acids is 2. The van der Waals surface area contributed by atoms with Crippen LogP contribution in [0.5, 0.6) is 11.5 Å². The molecular weight excluding hydrogens is 436 g/mol. The lowest BCUT2D eigenvalue weighted by atomic mass is 10.0. The molecule has 178 valence electrons. The Bertz CT molecular complexity index is 1220. The van der Waals surface area contributed by atoms with Gasteiger partial charge in [-0.15, -0.1) is 0 Å². The topological polar surface area (TPSA) is 107 Å². The molecule has 1 aliphatic heterocycles. The summed E-state index contributed by atoms with van der Waals surface area (Å²) in [6.07, 6.45) is 0.0888. The van der Waals surface area contributed by atoms with E-state index in [1.54, 1.807) is 30.2 Å². The first-order valence-electron chi connectivity index (χ1n) is 11.1. The minimum absolute atomic E-state index is 0.0888. The van der Waals surface area contributed by atoms with Gasteiger partial charge in [-0.05, 0) is 30.7 Å². The van der Waals surface area contributed by atoms with Gasteiger partial charge in [-0.1, -0.05) is 31.1 Å². The van der Waals surface area contributed by atoms with Crippen LogP contribution < -0.4 is 19.7 Å². The smallest absolute Gasteiger partial charge is 0.260 e. The van der Waals surface area contributed by atoms with Crippen molar-refractivity contribution in [2.75, 3.05) is 31.0 Å². The van der Waals surface area contributed by atoms with Crippen molar-refractivity contribution in [2.24, 2.45) is 5.92 Å². The number of ether oxygens (including phenoxy) is 2. The summed E-state index contributed by atoms with van der Waals surface area (Å²) in [5.41, 5.74) is 2.66. The third-order valence-corrected chi connectivity index (χ3v) is 5.88. The number of aryl methyl sites for hydroxylation is 1. The summed E-state index contributed by atoms with van der Waals surface area (Å²) in [4.78, 5) is 32.1. The Morgan fingerprint density at radius 3 is 2.68 bits per heavy atom. The van der Waals surface area contributed by atoms with Crippen LogP contribution in [0.25, 0.3) is 11.5 Å². The van der Waals surface area contributed by atoms with E-state index in [4.69, 9.17) is 14.0 Å². The molecule has 1 saturated heterocycles. The number of nitrogens with zero attached hydrogens (tertiary/aromatic N) is 3. The summed E-state index contributed by atoms with van der Waals surface area (Å²) in [6.45, 7) is 6.08. The standard InChI is InChI=1S/C25H28N4O5/c1-14(2)23-27-25(34-28-23)18-8-6-7-15(3)22(18)26-24(31)16-11-21(30)29(13-16)19-12-17(32-4)9-10-20(19)33-5/h6-10,12,14,16H,11,13H2,1-5H3,(H,26,31). The number of carbonyl (C=O) groups is 2. The lowest BCUT2D eigenvalue weighted by molar-refractivity contribution is -0.122. The number of anilines is 2. The normalized spacial score (nSPS) is 15.6. The Morgan fingerprint density at radius 2 is 2.00 bits per heavy atom. The van der Waals surface area contributed by atoms with E-state index in [1.165, 1.54) is 7.11 Å². The predicted octanol–water partition coefficient (Wildman–Crippen LogP) is 4.18. The van der Waals surface area contributed by atoms with Crippen LogP contribution >= 0.6 is 0 Å². The molecule has 2 aromatic carbocycles. The maximum atomic E-state index is 13.3. The molecule has 1 atom stereocenters. The van der Waals surface area contributed by atoms with Crippen LogP contribution in [0.4, 0.5) is 11.4 Å². The van der Waals surface area contributed by atoms with E-state index in [0.717, 1.165) is 5.56 Å². The maximum absolute atomic E-state index is 13.3. The second-order valence-corrected chi connectivity index (χ2v) is 8.54. The van der Waals surface area contributed by atoms with Crippen LogP contribution in [0, 0.1) is 12.8 Å². The van der Waals surface area contributed by atoms with Gasteiger partial charge in [0.05, 0.1) is 37.1 Å². The van der Waals surface area contributed by atoms with E-state index in [0.29, 0.717) is 40.2 Å². The minimum atomic E-state index is -0.537. The molecule has 0 saturated carbocycles. The van der Waals surface area contributed by atoms with Crippen molar-refractivity contribution in [1.29, 1.82) is 0 Å². The number of hydrogen-bond donors (Lipinski definition) is 1. The van der Waals surface area contributed by atoms with Crippen molar-refractivity contribution in [1.82, 2.24) is 10.1 Å². The molecule has 0 spiro atoms. The second-order valence-electron chi connectivity index (χ2n) is 8.54. The number of nitrogens with one attached hydrogen (secondary N) is 1. The maximum Gasteiger partial charge on any atom is 0.260 e. The zero-order valence-electron chi connectivity index (χ0n) is 19.9. The summed E-state index contributed by atoms with van der Waals surface area (Å²) in [6, 6.07) is 10.8. The third-order valence-electron chi connectivity index (χ3n) is 5.88. The van der Waals surface area contributed by atoms with Crippen molar-refractivity contribution in [2.45, 2.75) is 33.1 Å². The molecule has 3 aromatic rings. The largest absolute Gasteiger partial charge is 0.497 e. The van der Waals surface area contributed by atoms with Crippen LogP contribution in [0.2, 0.25) is 0 Å². The Kier molecular flexibility index (Phi) is 6.54. The van der Waals surface area contributed by atoms with E-state index < -0.39 is 5.92 Å². The highest BCUT2D eigenvalue weighted by molar-refractivity contribution is 6.05. The monoisotopic (exact) mass is 464 g/mol. The summed E-state index contributed by atoms with van der Waals surface area (Å²) in [5, 5.41) is 7.03. The number of para-hydroxylation sites is 1. The van der Waals surface area contributed by atoms with Gasteiger partial charge in [0.1, 0.15) is 11.5 Å². The Hall–Kier alpha value is -3.88. The van der Waals surface area contributed by atoms with Gasteiger partial charge in [0.15, 0.2) is 5.82 Å². The Labute approximate surface area is 198 Å². The molecule has 0 bridgehead atoms. The highest BCUT2D eigenvalue weighted by Crippen LogP contribution is 2.37. The first-order valence-corrected chi connectivity index (χ1v) is 11.1. The first kappa shape index (κ1) is 23.3. The second kappa shape index (κ2) is 9.54. The summed E-state index contributed by atoms with van der Waals surface area (Å²) in [5.74, 6) is 1.24. The van der Waals surface area contributed by atoms with Crippen molar-refractivity contribution in [3.63, 3.8) is 0 Å². The number of aromatic nitrogens is 2. The molecule has 2 heterocycles. The van der Waals surface area contributed by atoms with Gasteiger partial charge in [-0.25, -0.2) is 0 Å². The Balaban J connectivity index is 1.57. The van der Waals surface area contributed by atoms with Crippen molar-refractivity contribution < 1.29 is 23.6 Å². The van der Waals surface area contributed by atoms with Crippen molar-refractivity contribution in [3.8, 4) is 23.0 Å². The molecule has 1 unspecified atom stereocenters. The van der Waals surface area contributed by atoms with E-state index in [-0.39, 0.29) is 30.7 Å². The molecule has 9 nitrogen and oxygen atoms in total.